The highest BCUT2D eigenvalue weighted by atomic mass is 32.2. The predicted molar refractivity (Wildman–Crippen MR) is 110 cm³/mol. The van der Waals surface area contributed by atoms with Gasteiger partial charge in [0.1, 0.15) is 13.2 Å². The van der Waals surface area contributed by atoms with Crippen molar-refractivity contribution in [2.24, 2.45) is 0 Å². The van der Waals surface area contributed by atoms with Gasteiger partial charge in [-0.2, -0.15) is 0 Å². The van der Waals surface area contributed by atoms with E-state index in [-0.39, 0.29) is 22.2 Å². The fourth-order valence-electron chi connectivity index (χ4n) is 2.86. The number of hydrogen-bond donors (Lipinski definition) is 1. The maximum atomic E-state index is 12.8. The van der Waals surface area contributed by atoms with Crippen LogP contribution in [-0.4, -0.2) is 34.4 Å². The van der Waals surface area contributed by atoms with Crippen LogP contribution >= 0.6 is 11.8 Å². The lowest BCUT2D eigenvalue weighted by Gasteiger charge is -2.19. The summed E-state index contributed by atoms with van der Waals surface area (Å²) >= 11 is 1.12. The molecule has 0 saturated heterocycles. The number of nitrogens with one attached hydrogen (secondary N) is 1. The number of carbonyl (C=O) groups is 1. The summed E-state index contributed by atoms with van der Waals surface area (Å²) in [6, 6.07) is 15.0. The summed E-state index contributed by atoms with van der Waals surface area (Å²) in [6.07, 6.45) is 3.13. The summed E-state index contributed by atoms with van der Waals surface area (Å²) in [4.78, 5) is 29.1. The number of thioether (sulfide) groups is 1. The minimum Gasteiger partial charge on any atom is -0.486 e. The van der Waals surface area contributed by atoms with E-state index in [0.717, 1.165) is 17.3 Å². The average Bonchev–Trinajstić information content (AvgIpc) is 2.77. The molecule has 0 fully saturated rings. The number of nitrogens with zero attached hydrogens (tertiary/aromatic N) is 2. The number of rotatable bonds is 6. The summed E-state index contributed by atoms with van der Waals surface area (Å²) in [5.74, 6) is 1.22. The van der Waals surface area contributed by atoms with Crippen LogP contribution in [0.25, 0.3) is 5.69 Å². The van der Waals surface area contributed by atoms with Crippen LogP contribution in [0, 0.1) is 0 Å². The number of benzene rings is 2. The molecule has 1 aromatic heterocycles. The van der Waals surface area contributed by atoms with Crippen LogP contribution in [0.1, 0.15) is 5.56 Å². The fourth-order valence-corrected chi connectivity index (χ4v) is 3.59. The Kier molecular flexibility index (Phi) is 5.81. The first-order chi connectivity index (χ1) is 14.2. The molecule has 29 heavy (non-hydrogen) atoms. The van der Waals surface area contributed by atoms with E-state index in [9.17, 15) is 9.59 Å². The molecule has 0 aliphatic carbocycles. The standard InChI is InChI=1S/C21H19N3O4S/c25-19(23-13-15-4-2-1-3-5-15)14-29-20-21(26)24(9-8-22-20)16-6-7-17-18(12-16)28-11-10-27-17/h1-9,12H,10-11,13-14H2,(H,23,25). The van der Waals surface area contributed by atoms with E-state index >= 15 is 0 Å². The van der Waals surface area contributed by atoms with Crippen molar-refractivity contribution in [1.82, 2.24) is 14.9 Å². The van der Waals surface area contributed by atoms with Gasteiger partial charge in [0, 0.05) is 25.0 Å². The van der Waals surface area contributed by atoms with Gasteiger partial charge in [-0.05, 0) is 17.7 Å². The van der Waals surface area contributed by atoms with Gasteiger partial charge >= 0.3 is 0 Å². The second-order valence-electron chi connectivity index (χ2n) is 6.29. The van der Waals surface area contributed by atoms with Gasteiger partial charge in [-0.3, -0.25) is 14.2 Å². The van der Waals surface area contributed by atoms with E-state index in [1.807, 2.05) is 30.3 Å². The molecule has 7 nitrogen and oxygen atoms in total. The molecule has 0 spiro atoms. The van der Waals surface area contributed by atoms with Gasteiger partial charge in [0.2, 0.25) is 5.91 Å². The molecule has 2 aromatic carbocycles. The van der Waals surface area contributed by atoms with E-state index in [2.05, 4.69) is 10.3 Å². The van der Waals surface area contributed by atoms with Crippen LogP contribution in [0.5, 0.6) is 11.5 Å². The first-order valence-electron chi connectivity index (χ1n) is 9.12. The molecule has 0 unspecified atom stereocenters. The zero-order chi connectivity index (χ0) is 20.1. The maximum Gasteiger partial charge on any atom is 0.287 e. The Labute approximate surface area is 171 Å². The number of fused-ring (bicyclic) bond motifs is 1. The topological polar surface area (TPSA) is 82.5 Å². The Hall–Kier alpha value is -3.26. The molecule has 0 radical (unpaired) electrons. The van der Waals surface area contributed by atoms with Crippen molar-refractivity contribution in [2.75, 3.05) is 19.0 Å². The van der Waals surface area contributed by atoms with Crippen molar-refractivity contribution in [3.05, 3.63) is 76.8 Å². The van der Waals surface area contributed by atoms with Gasteiger partial charge in [-0.1, -0.05) is 42.1 Å². The molecule has 1 N–H and O–H groups in total. The Bertz CT molecular complexity index is 1070. The molecular weight excluding hydrogens is 390 g/mol. The van der Waals surface area contributed by atoms with E-state index in [0.29, 0.717) is 36.9 Å². The molecule has 148 valence electrons. The molecule has 3 aromatic rings. The average molecular weight is 409 g/mol. The van der Waals surface area contributed by atoms with Crippen LogP contribution < -0.4 is 20.3 Å². The van der Waals surface area contributed by atoms with Crippen molar-refractivity contribution in [2.45, 2.75) is 11.6 Å². The van der Waals surface area contributed by atoms with Crippen LogP contribution in [-0.2, 0) is 11.3 Å². The first kappa shape index (κ1) is 19.1. The number of hydrogen-bond acceptors (Lipinski definition) is 6. The molecule has 8 heteroatoms. The van der Waals surface area contributed by atoms with E-state index < -0.39 is 0 Å². The van der Waals surface area contributed by atoms with Crippen molar-refractivity contribution in [3.8, 4) is 17.2 Å². The monoisotopic (exact) mass is 409 g/mol. The van der Waals surface area contributed by atoms with Gasteiger partial charge in [0.25, 0.3) is 5.56 Å². The van der Waals surface area contributed by atoms with Gasteiger partial charge in [-0.25, -0.2) is 4.98 Å². The second kappa shape index (κ2) is 8.83. The highest BCUT2D eigenvalue weighted by molar-refractivity contribution is 7.99. The molecule has 1 amide bonds. The van der Waals surface area contributed by atoms with Gasteiger partial charge < -0.3 is 14.8 Å². The molecular formula is C21H19N3O4S. The first-order valence-corrected chi connectivity index (χ1v) is 10.1. The van der Waals surface area contributed by atoms with Gasteiger partial charge in [0.05, 0.1) is 11.4 Å². The number of amides is 1. The van der Waals surface area contributed by atoms with Crippen LogP contribution in [0.2, 0.25) is 0 Å². The lowest BCUT2D eigenvalue weighted by atomic mass is 10.2. The molecule has 0 atom stereocenters. The number of carbonyl (C=O) groups excluding carboxylic acids is 1. The van der Waals surface area contributed by atoms with Crippen molar-refractivity contribution in [1.29, 1.82) is 0 Å². The third kappa shape index (κ3) is 4.60. The summed E-state index contributed by atoms with van der Waals surface area (Å²) in [6.45, 7) is 1.43. The fraction of sp³-hybridized carbons (Fsp3) is 0.190. The quantitative estimate of drug-likeness (QED) is 0.630. The second-order valence-corrected chi connectivity index (χ2v) is 7.25. The molecule has 4 rings (SSSR count). The van der Waals surface area contributed by atoms with E-state index in [1.54, 1.807) is 30.6 Å². The smallest absolute Gasteiger partial charge is 0.287 e. The molecule has 0 saturated carbocycles. The normalized spacial score (nSPS) is 12.4. The Morgan fingerprint density at radius 3 is 2.72 bits per heavy atom. The Morgan fingerprint density at radius 2 is 1.90 bits per heavy atom. The van der Waals surface area contributed by atoms with Crippen LogP contribution in [0.3, 0.4) is 0 Å². The lowest BCUT2D eigenvalue weighted by Crippen LogP contribution is -2.26. The Morgan fingerprint density at radius 1 is 1.10 bits per heavy atom. The summed E-state index contributed by atoms with van der Waals surface area (Å²) in [7, 11) is 0. The lowest BCUT2D eigenvalue weighted by molar-refractivity contribution is -0.118. The largest absolute Gasteiger partial charge is 0.486 e. The summed E-state index contributed by atoms with van der Waals surface area (Å²) < 4.78 is 12.6. The third-order valence-corrected chi connectivity index (χ3v) is 5.25. The number of ether oxygens (including phenoxy) is 2. The van der Waals surface area contributed by atoms with Gasteiger partial charge in [0.15, 0.2) is 16.5 Å². The van der Waals surface area contributed by atoms with Gasteiger partial charge in [-0.15, -0.1) is 0 Å². The van der Waals surface area contributed by atoms with E-state index in [4.69, 9.17) is 9.47 Å². The van der Waals surface area contributed by atoms with Crippen LogP contribution in [0.4, 0.5) is 0 Å². The Balaban J connectivity index is 1.43. The SMILES string of the molecule is O=C(CSc1nccn(-c2ccc3c(c2)OCCO3)c1=O)NCc1ccccc1. The number of aromatic nitrogens is 2. The van der Waals surface area contributed by atoms with Crippen LogP contribution in [0.15, 0.2) is 70.7 Å². The summed E-state index contributed by atoms with van der Waals surface area (Å²) in [5, 5.41) is 3.10. The molecule has 1 aliphatic rings. The zero-order valence-corrected chi connectivity index (χ0v) is 16.4. The third-order valence-electron chi connectivity index (χ3n) is 4.29. The predicted octanol–water partition coefficient (Wildman–Crippen LogP) is 2.41. The molecule has 1 aliphatic heterocycles. The van der Waals surface area contributed by atoms with Crippen molar-refractivity contribution >= 4 is 17.7 Å². The van der Waals surface area contributed by atoms with Crippen molar-refractivity contribution in [3.63, 3.8) is 0 Å². The maximum absolute atomic E-state index is 12.8. The molecule has 0 bridgehead atoms. The summed E-state index contributed by atoms with van der Waals surface area (Å²) in [5.41, 5.74) is 1.38. The highest BCUT2D eigenvalue weighted by Crippen LogP contribution is 2.31. The van der Waals surface area contributed by atoms with Crippen molar-refractivity contribution < 1.29 is 14.3 Å². The zero-order valence-electron chi connectivity index (χ0n) is 15.5. The molecule has 2 heterocycles. The van der Waals surface area contributed by atoms with E-state index in [1.165, 1.54) is 4.57 Å². The minimum absolute atomic E-state index is 0.111. The minimum atomic E-state index is -0.287. The highest BCUT2D eigenvalue weighted by Gasteiger charge is 2.14.